The molecular weight excluding hydrogens is 346 g/mol. The molecule has 0 saturated carbocycles. The van der Waals surface area contributed by atoms with Gasteiger partial charge in [0.05, 0.1) is 11.1 Å². The summed E-state index contributed by atoms with van der Waals surface area (Å²) in [7, 11) is 0. The average molecular weight is 362 g/mol. The normalized spacial score (nSPS) is 12.0. The van der Waals surface area contributed by atoms with Crippen LogP contribution in [-0.2, 0) is 0 Å². The molecule has 2 aromatic heterocycles. The van der Waals surface area contributed by atoms with Crippen molar-refractivity contribution in [3.8, 4) is 5.75 Å². The van der Waals surface area contributed by atoms with Gasteiger partial charge in [-0.2, -0.15) is 0 Å². The van der Waals surface area contributed by atoms with Crippen LogP contribution in [0.3, 0.4) is 0 Å². The Bertz CT molecular complexity index is 1040. The molecule has 0 aliphatic heterocycles. The molecule has 0 radical (unpaired) electrons. The second-order valence-electron chi connectivity index (χ2n) is 5.90. The molecule has 0 amide bonds. The average Bonchev–Trinajstić information content (AvgIpc) is 2.71. The number of aromatic nitrogens is 2. The summed E-state index contributed by atoms with van der Waals surface area (Å²) in [5.74, 6) is 0.820. The lowest BCUT2D eigenvalue weighted by molar-refractivity contribution is 0.471. The van der Waals surface area contributed by atoms with Crippen LogP contribution < -0.4 is 5.32 Å². The third-order valence-corrected chi connectivity index (χ3v) is 4.56. The first-order valence-electron chi connectivity index (χ1n) is 8.22. The molecule has 1 unspecified atom stereocenters. The second kappa shape index (κ2) is 7.02. The van der Waals surface area contributed by atoms with Gasteiger partial charge in [0.25, 0.3) is 0 Å². The zero-order chi connectivity index (χ0) is 17.9. The first-order chi connectivity index (χ1) is 12.7. The number of phenols is 1. The highest BCUT2D eigenvalue weighted by Gasteiger charge is 2.21. The minimum absolute atomic E-state index is 0.113. The number of nitrogens with one attached hydrogen (secondary N) is 1. The molecule has 0 fully saturated rings. The monoisotopic (exact) mass is 361 g/mol. The molecule has 128 valence electrons. The van der Waals surface area contributed by atoms with E-state index < -0.39 is 0 Å². The van der Waals surface area contributed by atoms with Gasteiger partial charge < -0.3 is 10.4 Å². The molecule has 4 aromatic rings. The number of phenolic OH excluding ortho intramolecular Hbond substituents is 1. The van der Waals surface area contributed by atoms with E-state index in [0.29, 0.717) is 21.9 Å². The fourth-order valence-electron chi connectivity index (χ4n) is 3.01. The number of halogens is 1. The van der Waals surface area contributed by atoms with Crippen LogP contribution in [0.2, 0.25) is 5.02 Å². The molecule has 5 heteroatoms. The Morgan fingerprint density at radius 3 is 2.42 bits per heavy atom. The quantitative estimate of drug-likeness (QED) is 0.525. The number of anilines is 1. The van der Waals surface area contributed by atoms with Crippen molar-refractivity contribution < 1.29 is 5.11 Å². The van der Waals surface area contributed by atoms with Crippen molar-refractivity contribution >= 4 is 28.3 Å². The van der Waals surface area contributed by atoms with Gasteiger partial charge in [0.15, 0.2) is 0 Å². The van der Waals surface area contributed by atoms with E-state index in [9.17, 15) is 5.11 Å². The number of hydrogen-bond donors (Lipinski definition) is 2. The largest absolute Gasteiger partial charge is 0.505 e. The molecule has 0 bridgehead atoms. The van der Waals surface area contributed by atoms with Crippen molar-refractivity contribution in [2.45, 2.75) is 6.04 Å². The first-order valence-corrected chi connectivity index (χ1v) is 8.60. The summed E-state index contributed by atoms with van der Waals surface area (Å²) in [5, 5.41) is 15.6. The lowest BCUT2D eigenvalue weighted by atomic mass is 9.96. The standard InChI is InChI=1S/C21H16ClN3O/c22-17-13-16(21(26)20-15(17)9-6-12-24-20)19(14-7-2-1-3-8-14)25-18-10-4-5-11-23-18/h1-13,19,26H,(H,23,25). The molecule has 2 N–H and O–H groups in total. The molecule has 2 heterocycles. The van der Waals surface area contributed by atoms with Crippen molar-refractivity contribution in [1.29, 1.82) is 0 Å². The van der Waals surface area contributed by atoms with E-state index in [0.717, 1.165) is 10.9 Å². The Morgan fingerprint density at radius 1 is 0.885 bits per heavy atom. The third-order valence-electron chi connectivity index (χ3n) is 4.25. The maximum absolute atomic E-state index is 10.9. The van der Waals surface area contributed by atoms with Gasteiger partial charge in [-0.1, -0.05) is 48.0 Å². The van der Waals surface area contributed by atoms with Crippen LogP contribution in [0.25, 0.3) is 10.9 Å². The van der Waals surface area contributed by atoms with Crippen LogP contribution in [0.4, 0.5) is 5.82 Å². The van der Waals surface area contributed by atoms with Gasteiger partial charge >= 0.3 is 0 Å². The fourth-order valence-corrected chi connectivity index (χ4v) is 3.28. The van der Waals surface area contributed by atoms with Gasteiger partial charge in [-0.25, -0.2) is 4.98 Å². The van der Waals surface area contributed by atoms with E-state index >= 15 is 0 Å². The Kier molecular flexibility index (Phi) is 4.42. The Hall–Kier alpha value is -3.11. The molecule has 0 spiro atoms. The molecular formula is C21H16ClN3O. The van der Waals surface area contributed by atoms with Gasteiger partial charge in [-0.15, -0.1) is 0 Å². The van der Waals surface area contributed by atoms with Crippen molar-refractivity contribution in [3.05, 3.63) is 95.3 Å². The smallest absolute Gasteiger partial charge is 0.147 e. The molecule has 4 nitrogen and oxygen atoms in total. The highest BCUT2D eigenvalue weighted by molar-refractivity contribution is 6.35. The Morgan fingerprint density at radius 2 is 1.65 bits per heavy atom. The second-order valence-corrected chi connectivity index (χ2v) is 6.31. The van der Waals surface area contributed by atoms with Crippen molar-refractivity contribution in [1.82, 2.24) is 9.97 Å². The van der Waals surface area contributed by atoms with Crippen molar-refractivity contribution in [3.63, 3.8) is 0 Å². The Labute approximate surface area is 156 Å². The summed E-state index contributed by atoms with van der Waals surface area (Å²) in [6.45, 7) is 0. The molecule has 4 rings (SSSR count). The van der Waals surface area contributed by atoms with Gasteiger partial charge in [0, 0.05) is 23.3 Å². The highest BCUT2D eigenvalue weighted by Crippen LogP contribution is 2.39. The van der Waals surface area contributed by atoms with E-state index in [4.69, 9.17) is 11.6 Å². The maximum Gasteiger partial charge on any atom is 0.147 e. The summed E-state index contributed by atoms with van der Waals surface area (Å²) in [5.41, 5.74) is 2.12. The lowest BCUT2D eigenvalue weighted by Crippen LogP contribution is -2.13. The van der Waals surface area contributed by atoms with Crippen molar-refractivity contribution in [2.24, 2.45) is 0 Å². The number of rotatable bonds is 4. The van der Waals surface area contributed by atoms with Gasteiger partial charge in [-0.3, -0.25) is 4.98 Å². The summed E-state index contributed by atoms with van der Waals surface area (Å²) in [6.07, 6.45) is 3.37. The molecule has 0 aliphatic carbocycles. The number of benzene rings is 2. The number of aromatic hydroxyl groups is 1. The topological polar surface area (TPSA) is 58.0 Å². The summed E-state index contributed by atoms with van der Waals surface area (Å²) in [6, 6.07) is 20.6. The van der Waals surface area contributed by atoms with E-state index in [2.05, 4.69) is 15.3 Å². The van der Waals surface area contributed by atoms with Crippen LogP contribution in [0.15, 0.2) is 79.1 Å². The number of nitrogens with zero attached hydrogens (tertiary/aromatic N) is 2. The predicted octanol–water partition coefficient (Wildman–Crippen LogP) is 5.19. The summed E-state index contributed by atoms with van der Waals surface area (Å²) in [4.78, 5) is 8.65. The van der Waals surface area contributed by atoms with Crippen molar-refractivity contribution in [2.75, 3.05) is 5.32 Å². The lowest BCUT2D eigenvalue weighted by Gasteiger charge is -2.22. The minimum Gasteiger partial charge on any atom is -0.505 e. The van der Waals surface area contributed by atoms with E-state index in [1.807, 2.05) is 54.6 Å². The number of pyridine rings is 2. The van der Waals surface area contributed by atoms with Crippen LogP contribution in [0, 0.1) is 0 Å². The summed E-state index contributed by atoms with van der Waals surface area (Å²) < 4.78 is 0. The van der Waals surface area contributed by atoms with Gasteiger partial charge in [0.1, 0.15) is 17.1 Å². The first kappa shape index (κ1) is 16.4. The highest BCUT2D eigenvalue weighted by atomic mass is 35.5. The molecule has 0 saturated heterocycles. The van der Waals surface area contributed by atoms with Crippen LogP contribution in [0.1, 0.15) is 17.2 Å². The summed E-state index contributed by atoms with van der Waals surface area (Å²) >= 11 is 6.47. The Balaban J connectivity index is 1.89. The third kappa shape index (κ3) is 3.07. The predicted molar refractivity (Wildman–Crippen MR) is 105 cm³/mol. The molecule has 2 aromatic carbocycles. The van der Waals surface area contributed by atoms with Crippen LogP contribution in [-0.4, -0.2) is 15.1 Å². The molecule has 1 atom stereocenters. The van der Waals surface area contributed by atoms with Gasteiger partial charge in [-0.05, 0) is 35.9 Å². The SMILES string of the molecule is Oc1c(C(Nc2ccccn2)c2ccccc2)cc(Cl)c2cccnc12. The van der Waals surface area contributed by atoms with E-state index in [-0.39, 0.29) is 11.8 Å². The zero-order valence-electron chi connectivity index (χ0n) is 13.8. The van der Waals surface area contributed by atoms with E-state index in [1.54, 1.807) is 24.5 Å². The zero-order valence-corrected chi connectivity index (χ0v) is 14.6. The van der Waals surface area contributed by atoms with E-state index in [1.165, 1.54) is 0 Å². The fraction of sp³-hybridized carbons (Fsp3) is 0.0476. The number of fused-ring (bicyclic) bond motifs is 1. The molecule has 26 heavy (non-hydrogen) atoms. The van der Waals surface area contributed by atoms with Crippen LogP contribution >= 0.6 is 11.6 Å². The molecule has 0 aliphatic rings. The number of hydrogen-bond acceptors (Lipinski definition) is 4. The minimum atomic E-state index is -0.324. The van der Waals surface area contributed by atoms with Gasteiger partial charge in [0.2, 0.25) is 0 Å². The van der Waals surface area contributed by atoms with Crippen LogP contribution in [0.5, 0.6) is 5.75 Å². The maximum atomic E-state index is 10.9.